The molecule has 2 heterocycles. The van der Waals surface area contributed by atoms with Gasteiger partial charge in [0, 0.05) is 31.6 Å². The highest BCUT2D eigenvalue weighted by Crippen LogP contribution is 2.21. The SMILES string of the molecule is CS[C@H]1CCN(C(=O)c2cccn(C)c2=O)C1. The average molecular weight is 252 g/mol. The summed E-state index contributed by atoms with van der Waals surface area (Å²) in [6, 6.07) is 3.34. The summed E-state index contributed by atoms with van der Waals surface area (Å²) in [5, 5.41) is 0.506. The van der Waals surface area contributed by atoms with Crippen LogP contribution >= 0.6 is 11.8 Å². The van der Waals surface area contributed by atoms with Gasteiger partial charge >= 0.3 is 0 Å². The molecule has 1 aliphatic heterocycles. The van der Waals surface area contributed by atoms with E-state index in [1.807, 2.05) is 0 Å². The standard InChI is InChI=1S/C12H16N2O2S/c1-13-6-3-4-10(11(13)15)12(16)14-7-5-9(8-14)17-2/h3-4,6,9H,5,7-8H2,1-2H3/t9-/m0/s1. The van der Waals surface area contributed by atoms with Crippen molar-refractivity contribution in [1.29, 1.82) is 0 Å². The molecule has 0 radical (unpaired) electrons. The van der Waals surface area contributed by atoms with Crippen molar-refractivity contribution in [1.82, 2.24) is 9.47 Å². The molecular weight excluding hydrogens is 236 g/mol. The van der Waals surface area contributed by atoms with Gasteiger partial charge in [-0.3, -0.25) is 9.59 Å². The van der Waals surface area contributed by atoms with E-state index in [-0.39, 0.29) is 17.0 Å². The molecule has 17 heavy (non-hydrogen) atoms. The lowest BCUT2D eigenvalue weighted by atomic mass is 10.2. The Morgan fingerprint density at radius 1 is 1.53 bits per heavy atom. The van der Waals surface area contributed by atoms with Gasteiger partial charge in [-0.25, -0.2) is 0 Å². The molecule has 1 saturated heterocycles. The van der Waals surface area contributed by atoms with Crippen LogP contribution in [0.25, 0.3) is 0 Å². The predicted molar refractivity (Wildman–Crippen MR) is 69.5 cm³/mol. The van der Waals surface area contributed by atoms with Crippen LogP contribution in [0.4, 0.5) is 0 Å². The third-order valence-corrected chi connectivity index (χ3v) is 4.17. The van der Waals surface area contributed by atoms with Crippen LogP contribution in [0, 0.1) is 0 Å². The molecule has 1 fully saturated rings. The van der Waals surface area contributed by atoms with Crippen LogP contribution in [-0.4, -0.2) is 40.0 Å². The zero-order chi connectivity index (χ0) is 12.4. The number of thioether (sulfide) groups is 1. The van der Waals surface area contributed by atoms with E-state index in [2.05, 4.69) is 6.26 Å². The molecule has 0 unspecified atom stereocenters. The van der Waals surface area contributed by atoms with Gasteiger partial charge in [-0.2, -0.15) is 11.8 Å². The second kappa shape index (κ2) is 4.96. The van der Waals surface area contributed by atoms with Crippen LogP contribution in [-0.2, 0) is 7.05 Å². The Labute approximate surface area is 105 Å². The summed E-state index contributed by atoms with van der Waals surface area (Å²) in [7, 11) is 1.66. The van der Waals surface area contributed by atoms with Gasteiger partial charge in [-0.15, -0.1) is 0 Å². The Balaban J connectivity index is 2.21. The van der Waals surface area contributed by atoms with Gasteiger partial charge in [0.15, 0.2) is 0 Å². The molecule has 1 amide bonds. The summed E-state index contributed by atoms with van der Waals surface area (Å²) in [6.07, 6.45) is 4.73. The summed E-state index contributed by atoms with van der Waals surface area (Å²) in [5.41, 5.74) is 0.0573. The minimum Gasteiger partial charge on any atom is -0.337 e. The molecule has 5 heteroatoms. The number of aromatic nitrogens is 1. The summed E-state index contributed by atoms with van der Waals surface area (Å²) in [6.45, 7) is 1.50. The number of hydrogen-bond donors (Lipinski definition) is 0. The second-order valence-electron chi connectivity index (χ2n) is 4.24. The quantitative estimate of drug-likeness (QED) is 0.787. The molecule has 1 atom stereocenters. The Morgan fingerprint density at radius 3 is 2.94 bits per heavy atom. The monoisotopic (exact) mass is 252 g/mol. The van der Waals surface area contributed by atoms with Crippen LogP contribution < -0.4 is 5.56 Å². The number of nitrogens with zero attached hydrogens (tertiary/aromatic N) is 2. The van der Waals surface area contributed by atoms with Crippen LogP contribution in [0.1, 0.15) is 16.8 Å². The summed E-state index contributed by atoms with van der Waals surface area (Å²) in [4.78, 5) is 25.8. The van der Waals surface area contributed by atoms with Crippen molar-refractivity contribution in [2.24, 2.45) is 7.05 Å². The van der Waals surface area contributed by atoms with E-state index < -0.39 is 0 Å². The number of carbonyl (C=O) groups is 1. The average Bonchev–Trinajstić information content (AvgIpc) is 2.80. The minimum absolute atomic E-state index is 0.136. The fourth-order valence-corrected chi connectivity index (χ4v) is 2.71. The van der Waals surface area contributed by atoms with Crippen LogP contribution in [0.3, 0.4) is 0 Å². The van der Waals surface area contributed by atoms with Gasteiger partial charge < -0.3 is 9.47 Å². The maximum atomic E-state index is 12.2. The van der Waals surface area contributed by atoms with Crippen molar-refractivity contribution in [3.63, 3.8) is 0 Å². The van der Waals surface area contributed by atoms with Gasteiger partial charge in [0.1, 0.15) is 5.56 Å². The van der Waals surface area contributed by atoms with E-state index in [1.54, 1.807) is 42.0 Å². The van der Waals surface area contributed by atoms with E-state index >= 15 is 0 Å². The fourth-order valence-electron chi connectivity index (χ4n) is 2.04. The van der Waals surface area contributed by atoms with E-state index in [1.165, 1.54) is 4.57 Å². The van der Waals surface area contributed by atoms with Gasteiger partial charge in [0.25, 0.3) is 11.5 Å². The highest BCUT2D eigenvalue weighted by atomic mass is 32.2. The first kappa shape index (κ1) is 12.2. The summed E-state index contributed by atoms with van der Waals surface area (Å²) >= 11 is 1.78. The first-order valence-corrected chi connectivity index (χ1v) is 6.90. The minimum atomic E-state index is -0.217. The predicted octanol–water partition coefficient (Wildman–Crippen LogP) is 0.963. The number of likely N-dealkylation sites (tertiary alicyclic amines) is 1. The van der Waals surface area contributed by atoms with Crippen LogP contribution in [0.15, 0.2) is 23.1 Å². The van der Waals surface area contributed by atoms with E-state index in [0.717, 1.165) is 19.5 Å². The molecule has 0 N–H and O–H groups in total. The third kappa shape index (κ3) is 2.39. The number of carbonyl (C=O) groups excluding carboxylic acids is 1. The highest BCUT2D eigenvalue weighted by Gasteiger charge is 2.27. The zero-order valence-electron chi connectivity index (χ0n) is 10.0. The van der Waals surface area contributed by atoms with E-state index in [4.69, 9.17) is 0 Å². The summed E-state index contributed by atoms with van der Waals surface area (Å²) < 4.78 is 1.44. The maximum Gasteiger partial charge on any atom is 0.263 e. The summed E-state index contributed by atoms with van der Waals surface area (Å²) in [5.74, 6) is -0.136. The molecule has 1 aliphatic rings. The molecule has 0 aliphatic carbocycles. The largest absolute Gasteiger partial charge is 0.337 e. The molecule has 1 aromatic rings. The van der Waals surface area contributed by atoms with Gasteiger partial charge in [-0.1, -0.05) is 0 Å². The number of hydrogen-bond acceptors (Lipinski definition) is 3. The molecule has 92 valence electrons. The fraction of sp³-hybridized carbons (Fsp3) is 0.500. The molecule has 0 bridgehead atoms. The van der Waals surface area contributed by atoms with Gasteiger partial charge in [-0.05, 0) is 24.8 Å². The smallest absolute Gasteiger partial charge is 0.263 e. The number of aryl methyl sites for hydroxylation is 1. The number of amides is 1. The van der Waals surface area contributed by atoms with E-state index in [9.17, 15) is 9.59 Å². The van der Waals surface area contributed by atoms with Gasteiger partial charge in [0.2, 0.25) is 0 Å². The maximum absolute atomic E-state index is 12.2. The van der Waals surface area contributed by atoms with Crippen molar-refractivity contribution < 1.29 is 4.79 Å². The second-order valence-corrected chi connectivity index (χ2v) is 5.37. The zero-order valence-corrected chi connectivity index (χ0v) is 10.9. The molecule has 1 aromatic heterocycles. The first-order valence-electron chi connectivity index (χ1n) is 5.61. The van der Waals surface area contributed by atoms with Crippen molar-refractivity contribution in [3.05, 3.63) is 34.2 Å². The third-order valence-electron chi connectivity index (χ3n) is 3.12. The number of pyridine rings is 1. The Kier molecular flexibility index (Phi) is 3.57. The van der Waals surface area contributed by atoms with Crippen molar-refractivity contribution in [2.75, 3.05) is 19.3 Å². The molecule has 4 nitrogen and oxygen atoms in total. The number of rotatable bonds is 2. The van der Waals surface area contributed by atoms with Crippen LogP contribution in [0.5, 0.6) is 0 Å². The molecular formula is C12H16N2O2S. The first-order chi connectivity index (χ1) is 8.13. The molecule has 0 saturated carbocycles. The highest BCUT2D eigenvalue weighted by molar-refractivity contribution is 7.99. The molecule has 0 aromatic carbocycles. The van der Waals surface area contributed by atoms with Gasteiger partial charge in [0.05, 0.1) is 0 Å². The molecule has 0 spiro atoms. The van der Waals surface area contributed by atoms with Crippen molar-refractivity contribution in [3.8, 4) is 0 Å². The van der Waals surface area contributed by atoms with Crippen molar-refractivity contribution in [2.45, 2.75) is 11.7 Å². The lowest BCUT2D eigenvalue weighted by molar-refractivity contribution is 0.0791. The van der Waals surface area contributed by atoms with Crippen LogP contribution in [0.2, 0.25) is 0 Å². The lowest BCUT2D eigenvalue weighted by Gasteiger charge is -2.15. The molecule has 2 rings (SSSR count). The van der Waals surface area contributed by atoms with E-state index in [0.29, 0.717) is 5.25 Å². The Hall–Kier alpha value is -1.23. The Bertz CT molecular complexity index is 484. The lowest BCUT2D eigenvalue weighted by Crippen LogP contribution is -2.34. The Morgan fingerprint density at radius 2 is 2.29 bits per heavy atom. The van der Waals surface area contributed by atoms with Crippen molar-refractivity contribution >= 4 is 17.7 Å². The normalized spacial score (nSPS) is 19.6. The topological polar surface area (TPSA) is 42.3 Å².